The average Bonchev–Trinajstić information content (AvgIpc) is 2.53. The van der Waals surface area contributed by atoms with Crippen molar-refractivity contribution < 1.29 is 9.84 Å². The third-order valence-electron chi connectivity index (χ3n) is 3.53. The van der Waals surface area contributed by atoms with Crippen LogP contribution in [0.4, 0.5) is 0 Å². The normalized spacial score (nSPS) is 13.9. The second-order valence-corrected chi connectivity index (χ2v) is 5.04. The smallest absolute Gasteiger partial charge is 0.105 e. The van der Waals surface area contributed by atoms with Gasteiger partial charge in [0.15, 0.2) is 0 Å². The van der Waals surface area contributed by atoms with Gasteiger partial charge in [0, 0.05) is 0 Å². The molecular weight excluding hydrogens is 248 g/mol. The molecule has 0 heterocycles. The van der Waals surface area contributed by atoms with E-state index >= 15 is 0 Å². The highest BCUT2D eigenvalue weighted by molar-refractivity contribution is 5.24. The Labute approximate surface area is 121 Å². The first-order valence-electron chi connectivity index (χ1n) is 7.13. The van der Waals surface area contributed by atoms with Crippen LogP contribution in [0.25, 0.3) is 0 Å². The van der Waals surface area contributed by atoms with E-state index < -0.39 is 6.10 Å². The quantitative estimate of drug-likeness (QED) is 0.863. The van der Waals surface area contributed by atoms with E-state index in [-0.39, 0.29) is 6.10 Å². The molecule has 0 aliphatic carbocycles. The lowest BCUT2D eigenvalue weighted by atomic mass is 10.0. The molecule has 2 unspecified atom stereocenters. The Morgan fingerprint density at radius 2 is 1.60 bits per heavy atom. The van der Waals surface area contributed by atoms with Crippen molar-refractivity contribution in [1.82, 2.24) is 0 Å². The number of rotatable bonds is 6. The molecule has 0 aromatic heterocycles. The van der Waals surface area contributed by atoms with E-state index in [2.05, 4.69) is 19.1 Å². The van der Waals surface area contributed by atoms with Crippen molar-refractivity contribution in [3.05, 3.63) is 71.3 Å². The number of hydrogen-bond donors (Lipinski definition) is 1. The molecule has 0 saturated heterocycles. The monoisotopic (exact) mass is 270 g/mol. The maximum absolute atomic E-state index is 10.3. The average molecular weight is 270 g/mol. The van der Waals surface area contributed by atoms with E-state index in [1.54, 1.807) is 0 Å². The summed E-state index contributed by atoms with van der Waals surface area (Å²) < 4.78 is 5.75. The van der Waals surface area contributed by atoms with Crippen LogP contribution < -0.4 is 0 Å². The van der Waals surface area contributed by atoms with Crippen molar-refractivity contribution in [1.29, 1.82) is 0 Å². The molecule has 2 aromatic carbocycles. The van der Waals surface area contributed by atoms with Crippen LogP contribution in [0.3, 0.4) is 0 Å². The number of hydrogen-bond acceptors (Lipinski definition) is 2. The summed E-state index contributed by atoms with van der Waals surface area (Å²) in [5, 5.41) is 10.3. The molecule has 20 heavy (non-hydrogen) atoms. The van der Waals surface area contributed by atoms with Gasteiger partial charge in [0.05, 0.1) is 12.7 Å². The molecule has 0 radical (unpaired) electrons. The fourth-order valence-electron chi connectivity index (χ4n) is 2.11. The van der Waals surface area contributed by atoms with Crippen LogP contribution in [0.2, 0.25) is 0 Å². The lowest BCUT2D eigenvalue weighted by molar-refractivity contribution is -0.0364. The minimum absolute atomic E-state index is 0.234. The Balaban J connectivity index is 1.92. The first-order valence-corrected chi connectivity index (χ1v) is 7.13. The SMILES string of the molecule is CCc1ccc(C(O)C(C)OCc2ccccc2)cc1. The van der Waals surface area contributed by atoms with Crippen LogP contribution in [-0.2, 0) is 17.8 Å². The Hall–Kier alpha value is -1.64. The molecule has 1 N–H and O–H groups in total. The molecule has 0 aliphatic heterocycles. The van der Waals surface area contributed by atoms with Crippen LogP contribution in [0.1, 0.15) is 36.6 Å². The fourth-order valence-corrected chi connectivity index (χ4v) is 2.11. The van der Waals surface area contributed by atoms with Crippen LogP contribution in [0.15, 0.2) is 54.6 Å². The zero-order chi connectivity index (χ0) is 14.4. The molecule has 0 saturated carbocycles. The van der Waals surface area contributed by atoms with E-state index in [4.69, 9.17) is 4.74 Å². The van der Waals surface area contributed by atoms with Crippen molar-refractivity contribution in [3.63, 3.8) is 0 Å². The van der Waals surface area contributed by atoms with Gasteiger partial charge < -0.3 is 9.84 Å². The standard InChI is InChI=1S/C18H22O2/c1-3-15-9-11-17(12-10-15)18(19)14(2)20-13-16-7-5-4-6-8-16/h4-12,14,18-19H,3,13H2,1-2H3. The van der Waals surface area contributed by atoms with E-state index in [0.29, 0.717) is 6.61 Å². The summed E-state index contributed by atoms with van der Waals surface area (Å²) in [5.74, 6) is 0. The van der Waals surface area contributed by atoms with Crippen molar-refractivity contribution in [3.8, 4) is 0 Å². The Kier molecular flexibility index (Phi) is 5.33. The number of benzene rings is 2. The second-order valence-electron chi connectivity index (χ2n) is 5.04. The van der Waals surface area contributed by atoms with Crippen molar-refractivity contribution in [2.45, 2.75) is 39.1 Å². The van der Waals surface area contributed by atoms with Gasteiger partial charge in [-0.15, -0.1) is 0 Å². The molecule has 2 aromatic rings. The molecule has 106 valence electrons. The number of aliphatic hydroxyl groups excluding tert-OH is 1. The summed E-state index contributed by atoms with van der Waals surface area (Å²) in [4.78, 5) is 0. The van der Waals surface area contributed by atoms with Crippen molar-refractivity contribution in [2.75, 3.05) is 0 Å². The summed E-state index contributed by atoms with van der Waals surface area (Å²) in [5.41, 5.74) is 3.30. The lowest BCUT2D eigenvalue weighted by Crippen LogP contribution is -2.18. The van der Waals surface area contributed by atoms with Crippen molar-refractivity contribution in [2.24, 2.45) is 0 Å². The van der Waals surface area contributed by atoms with Gasteiger partial charge in [0.2, 0.25) is 0 Å². The van der Waals surface area contributed by atoms with E-state index in [1.807, 2.05) is 49.4 Å². The predicted octanol–water partition coefficient (Wildman–Crippen LogP) is 3.89. The maximum atomic E-state index is 10.3. The van der Waals surface area contributed by atoms with Gasteiger partial charge in [-0.25, -0.2) is 0 Å². The summed E-state index contributed by atoms with van der Waals surface area (Å²) >= 11 is 0. The number of ether oxygens (including phenoxy) is 1. The molecule has 0 bridgehead atoms. The first kappa shape index (κ1) is 14.8. The number of aryl methyl sites for hydroxylation is 1. The molecular formula is C18H22O2. The molecule has 2 nitrogen and oxygen atoms in total. The van der Waals surface area contributed by atoms with E-state index in [9.17, 15) is 5.11 Å². The highest BCUT2D eigenvalue weighted by Gasteiger charge is 2.16. The summed E-state index contributed by atoms with van der Waals surface area (Å²) in [6.45, 7) is 4.55. The number of aliphatic hydroxyl groups is 1. The van der Waals surface area contributed by atoms with Gasteiger partial charge in [0.25, 0.3) is 0 Å². The molecule has 2 atom stereocenters. The van der Waals surface area contributed by atoms with Gasteiger partial charge in [-0.2, -0.15) is 0 Å². The van der Waals surface area contributed by atoms with Gasteiger partial charge >= 0.3 is 0 Å². The third-order valence-corrected chi connectivity index (χ3v) is 3.53. The van der Waals surface area contributed by atoms with Gasteiger partial charge in [-0.3, -0.25) is 0 Å². The molecule has 0 amide bonds. The summed E-state index contributed by atoms with van der Waals surface area (Å²) in [6, 6.07) is 18.1. The first-order chi connectivity index (χ1) is 9.70. The van der Waals surface area contributed by atoms with Crippen LogP contribution in [0.5, 0.6) is 0 Å². The minimum atomic E-state index is -0.593. The molecule has 0 spiro atoms. The van der Waals surface area contributed by atoms with E-state index in [0.717, 1.165) is 17.5 Å². The van der Waals surface area contributed by atoms with Gasteiger partial charge in [-0.1, -0.05) is 61.5 Å². The highest BCUT2D eigenvalue weighted by Crippen LogP contribution is 2.20. The summed E-state index contributed by atoms with van der Waals surface area (Å²) in [7, 11) is 0. The van der Waals surface area contributed by atoms with Gasteiger partial charge in [0.1, 0.15) is 6.10 Å². The Morgan fingerprint density at radius 3 is 2.20 bits per heavy atom. The highest BCUT2D eigenvalue weighted by atomic mass is 16.5. The molecule has 0 aliphatic rings. The fraction of sp³-hybridized carbons (Fsp3) is 0.333. The molecule has 2 rings (SSSR count). The lowest BCUT2D eigenvalue weighted by Gasteiger charge is -2.20. The zero-order valence-corrected chi connectivity index (χ0v) is 12.1. The Morgan fingerprint density at radius 1 is 0.950 bits per heavy atom. The minimum Gasteiger partial charge on any atom is -0.386 e. The van der Waals surface area contributed by atoms with Gasteiger partial charge in [-0.05, 0) is 30.0 Å². The molecule has 2 heteroatoms. The topological polar surface area (TPSA) is 29.5 Å². The van der Waals surface area contributed by atoms with Crippen LogP contribution in [0, 0.1) is 0 Å². The predicted molar refractivity (Wildman–Crippen MR) is 81.5 cm³/mol. The van der Waals surface area contributed by atoms with Crippen LogP contribution in [-0.4, -0.2) is 11.2 Å². The largest absolute Gasteiger partial charge is 0.386 e. The second kappa shape index (κ2) is 7.22. The van der Waals surface area contributed by atoms with Crippen LogP contribution >= 0.6 is 0 Å². The van der Waals surface area contributed by atoms with Crippen molar-refractivity contribution >= 4 is 0 Å². The third kappa shape index (κ3) is 3.92. The summed E-state index contributed by atoms with van der Waals surface area (Å²) in [6.07, 6.45) is 0.184. The van der Waals surface area contributed by atoms with E-state index in [1.165, 1.54) is 5.56 Å². The molecule has 0 fully saturated rings. The maximum Gasteiger partial charge on any atom is 0.105 e. The zero-order valence-electron chi connectivity index (χ0n) is 12.1. The Bertz CT molecular complexity index is 505.